The van der Waals surface area contributed by atoms with Crippen molar-refractivity contribution >= 4 is 18.7 Å². The number of carboxylic acids is 1. The lowest BCUT2D eigenvalue weighted by atomic mass is 10.0. The van der Waals surface area contributed by atoms with E-state index in [1.807, 2.05) is 6.07 Å². The molecular formula is C12H15NO5. The molecule has 0 saturated carbocycles. The van der Waals surface area contributed by atoms with Gasteiger partial charge >= 0.3 is 5.97 Å². The first-order valence-corrected chi connectivity index (χ1v) is 5.16. The van der Waals surface area contributed by atoms with E-state index >= 15 is 0 Å². The summed E-state index contributed by atoms with van der Waals surface area (Å²) in [7, 11) is 0. The molecule has 98 valence electrons. The number of aryl methyl sites for hydroxylation is 1. The van der Waals surface area contributed by atoms with Crippen LogP contribution in [0.5, 0.6) is 0 Å². The molecular weight excluding hydrogens is 238 g/mol. The van der Waals surface area contributed by atoms with Crippen molar-refractivity contribution in [3.05, 3.63) is 35.4 Å². The van der Waals surface area contributed by atoms with E-state index in [0.717, 1.165) is 5.56 Å². The van der Waals surface area contributed by atoms with E-state index < -0.39 is 12.0 Å². The predicted octanol–water partition coefficient (Wildman–Crippen LogP) is 0.544. The minimum absolute atomic E-state index is 0.250. The summed E-state index contributed by atoms with van der Waals surface area (Å²) in [6, 6.07) is 6.17. The van der Waals surface area contributed by atoms with Gasteiger partial charge in [-0.05, 0) is 30.5 Å². The summed E-state index contributed by atoms with van der Waals surface area (Å²) >= 11 is 0. The standard InChI is InChI=1S/C11H13NO3.CH2O2/c12-10(7-13)5-4-8-2-1-3-9(6-8)11(14)15;2-1-3/h1-3,6-7,10H,4-5,12H2,(H,14,15);1H,(H,2,3). The number of aromatic carboxylic acids is 1. The molecule has 1 rings (SSSR count). The van der Waals surface area contributed by atoms with Crippen molar-refractivity contribution in [2.75, 3.05) is 0 Å². The minimum Gasteiger partial charge on any atom is -0.483 e. The van der Waals surface area contributed by atoms with Crippen molar-refractivity contribution in [1.82, 2.24) is 0 Å². The van der Waals surface area contributed by atoms with Crippen LogP contribution in [0.25, 0.3) is 0 Å². The molecule has 1 unspecified atom stereocenters. The average Bonchev–Trinajstić information content (AvgIpc) is 2.37. The van der Waals surface area contributed by atoms with E-state index in [0.29, 0.717) is 19.1 Å². The third kappa shape index (κ3) is 6.39. The second-order valence-electron chi connectivity index (χ2n) is 3.45. The van der Waals surface area contributed by atoms with Crippen LogP contribution in [0.2, 0.25) is 0 Å². The molecule has 1 atom stereocenters. The molecule has 0 aliphatic rings. The number of carboxylic acid groups (broad SMARTS) is 2. The van der Waals surface area contributed by atoms with Crippen molar-refractivity contribution in [2.45, 2.75) is 18.9 Å². The van der Waals surface area contributed by atoms with Gasteiger partial charge in [0, 0.05) is 0 Å². The Morgan fingerprint density at radius 2 is 2.00 bits per heavy atom. The molecule has 6 nitrogen and oxygen atoms in total. The molecule has 0 aliphatic heterocycles. The van der Waals surface area contributed by atoms with Gasteiger partial charge in [0.15, 0.2) is 0 Å². The number of rotatable bonds is 5. The molecule has 1 aromatic carbocycles. The molecule has 0 aliphatic carbocycles. The van der Waals surface area contributed by atoms with E-state index in [9.17, 15) is 9.59 Å². The summed E-state index contributed by atoms with van der Waals surface area (Å²) in [5.74, 6) is -0.948. The molecule has 0 spiro atoms. The summed E-state index contributed by atoms with van der Waals surface area (Å²) in [5, 5.41) is 15.6. The maximum Gasteiger partial charge on any atom is 0.335 e. The number of aldehydes is 1. The topological polar surface area (TPSA) is 118 Å². The highest BCUT2D eigenvalue weighted by Gasteiger charge is 2.04. The van der Waals surface area contributed by atoms with Crippen LogP contribution in [-0.2, 0) is 16.0 Å². The molecule has 4 N–H and O–H groups in total. The van der Waals surface area contributed by atoms with E-state index in [4.69, 9.17) is 20.7 Å². The van der Waals surface area contributed by atoms with Gasteiger partial charge in [-0.3, -0.25) is 4.79 Å². The molecule has 0 fully saturated rings. The normalized spacial score (nSPS) is 10.7. The Labute approximate surface area is 104 Å². The van der Waals surface area contributed by atoms with E-state index in [-0.39, 0.29) is 12.0 Å². The third-order valence-electron chi connectivity index (χ3n) is 2.12. The van der Waals surface area contributed by atoms with Gasteiger partial charge in [0.25, 0.3) is 6.47 Å². The minimum atomic E-state index is -0.948. The maximum absolute atomic E-state index is 10.7. The van der Waals surface area contributed by atoms with Crippen molar-refractivity contribution in [3.8, 4) is 0 Å². The van der Waals surface area contributed by atoms with Crippen LogP contribution in [0, 0.1) is 0 Å². The number of carbonyl (C=O) groups is 3. The van der Waals surface area contributed by atoms with Gasteiger partial charge in [-0.2, -0.15) is 0 Å². The first-order valence-electron chi connectivity index (χ1n) is 5.16. The zero-order chi connectivity index (χ0) is 14.0. The smallest absolute Gasteiger partial charge is 0.335 e. The van der Waals surface area contributed by atoms with E-state index in [2.05, 4.69) is 0 Å². The Kier molecular flexibility index (Phi) is 7.80. The van der Waals surface area contributed by atoms with E-state index in [1.165, 1.54) is 6.07 Å². The zero-order valence-electron chi connectivity index (χ0n) is 9.65. The van der Waals surface area contributed by atoms with Gasteiger partial charge in [-0.25, -0.2) is 4.79 Å². The monoisotopic (exact) mass is 253 g/mol. The molecule has 0 radical (unpaired) electrons. The van der Waals surface area contributed by atoms with Crippen LogP contribution in [0.4, 0.5) is 0 Å². The van der Waals surface area contributed by atoms with Crippen LogP contribution < -0.4 is 5.73 Å². The molecule has 0 bridgehead atoms. The van der Waals surface area contributed by atoms with Gasteiger partial charge in [0.2, 0.25) is 0 Å². The number of hydrogen-bond acceptors (Lipinski definition) is 4. The fourth-order valence-electron chi connectivity index (χ4n) is 1.26. The molecule has 0 aromatic heterocycles. The maximum atomic E-state index is 10.7. The lowest BCUT2D eigenvalue weighted by molar-refractivity contribution is -0.122. The Hall–Kier alpha value is -2.21. The lowest BCUT2D eigenvalue weighted by Crippen LogP contribution is -2.21. The number of hydrogen-bond donors (Lipinski definition) is 3. The summed E-state index contributed by atoms with van der Waals surface area (Å²) in [5.41, 5.74) is 6.57. The van der Waals surface area contributed by atoms with Crippen LogP contribution in [0.15, 0.2) is 24.3 Å². The van der Waals surface area contributed by atoms with Crippen LogP contribution in [-0.4, -0.2) is 35.0 Å². The Morgan fingerprint density at radius 1 is 1.39 bits per heavy atom. The molecule has 0 amide bonds. The summed E-state index contributed by atoms with van der Waals surface area (Å²) < 4.78 is 0. The third-order valence-corrected chi connectivity index (χ3v) is 2.12. The van der Waals surface area contributed by atoms with Crippen LogP contribution >= 0.6 is 0 Å². The van der Waals surface area contributed by atoms with Crippen LogP contribution in [0.1, 0.15) is 22.3 Å². The summed E-state index contributed by atoms with van der Waals surface area (Å²) in [6.45, 7) is -0.250. The molecule has 1 aromatic rings. The van der Waals surface area contributed by atoms with Crippen molar-refractivity contribution < 1.29 is 24.6 Å². The van der Waals surface area contributed by atoms with E-state index in [1.54, 1.807) is 12.1 Å². The Balaban J connectivity index is 0.000000873. The SMILES string of the molecule is NC(C=O)CCc1cccc(C(=O)O)c1.O=CO. The zero-order valence-corrected chi connectivity index (χ0v) is 9.65. The molecule has 6 heteroatoms. The van der Waals surface area contributed by atoms with Crippen molar-refractivity contribution in [1.29, 1.82) is 0 Å². The average molecular weight is 253 g/mol. The first kappa shape index (κ1) is 15.8. The summed E-state index contributed by atoms with van der Waals surface area (Å²) in [4.78, 5) is 29.3. The van der Waals surface area contributed by atoms with Gasteiger partial charge in [0.05, 0.1) is 11.6 Å². The van der Waals surface area contributed by atoms with Gasteiger partial charge in [0.1, 0.15) is 6.29 Å². The quantitative estimate of drug-likeness (QED) is 0.659. The highest BCUT2D eigenvalue weighted by Crippen LogP contribution is 2.08. The number of benzene rings is 1. The predicted molar refractivity (Wildman–Crippen MR) is 64.5 cm³/mol. The van der Waals surface area contributed by atoms with Crippen LogP contribution in [0.3, 0.4) is 0 Å². The molecule has 0 heterocycles. The fraction of sp³-hybridized carbons (Fsp3) is 0.250. The van der Waals surface area contributed by atoms with Crippen molar-refractivity contribution in [2.24, 2.45) is 5.73 Å². The molecule has 18 heavy (non-hydrogen) atoms. The van der Waals surface area contributed by atoms with Gasteiger partial charge in [-0.15, -0.1) is 0 Å². The second-order valence-corrected chi connectivity index (χ2v) is 3.45. The number of nitrogens with two attached hydrogens (primary N) is 1. The number of carbonyl (C=O) groups excluding carboxylic acids is 1. The van der Waals surface area contributed by atoms with Gasteiger partial charge < -0.3 is 20.7 Å². The Bertz CT molecular complexity index is 405. The van der Waals surface area contributed by atoms with Crippen molar-refractivity contribution in [3.63, 3.8) is 0 Å². The largest absolute Gasteiger partial charge is 0.483 e. The van der Waals surface area contributed by atoms with Gasteiger partial charge in [-0.1, -0.05) is 12.1 Å². The Morgan fingerprint density at radius 3 is 2.50 bits per heavy atom. The highest BCUT2D eigenvalue weighted by atomic mass is 16.4. The fourth-order valence-corrected chi connectivity index (χ4v) is 1.26. The highest BCUT2D eigenvalue weighted by molar-refractivity contribution is 5.87. The molecule has 0 saturated heterocycles. The lowest BCUT2D eigenvalue weighted by Gasteiger charge is -2.04. The second kappa shape index (κ2) is 8.89. The summed E-state index contributed by atoms with van der Waals surface area (Å²) in [6.07, 6.45) is 1.84. The first-order chi connectivity index (χ1) is 8.54.